The molecule has 4 heteroatoms. The molecule has 1 aliphatic rings. The molecular formula is C9H7ClO3. The zero-order chi connectivity index (χ0) is 9.42. The molecule has 0 saturated carbocycles. The molecule has 3 nitrogen and oxygen atoms in total. The van der Waals surface area contributed by atoms with Gasteiger partial charge < -0.3 is 9.84 Å². The van der Waals surface area contributed by atoms with E-state index in [9.17, 15) is 4.79 Å². The summed E-state index contributed by atoms with van der Waals surface area (Å²) in [4.78, 5) is 10.6. The van der Waals surface area contributed by atoms with Gasteiger partial charge in [-0.3, -0.25) is 0 Å². The molecule has 0 amide bonds. The molecule has 1 aromatic rings. The first-order valence-corrected chi connectivity index (χ1v) is 4.22. The molecule has 1 aromatic carbocycles. The number of carboxylic acids is 1. The number of carboxylic acid groups (broad SMARTS) is 1. The SMILES string of the molecule is O=C(O)C1Cc2cc(Cl)ccc2O1. The minimum absolute atomic E-state index is 0.394. The molecular weight excluding hydrogens is 192 g/mol. The lowest BCUT2D eigenvalue weighted by molar-refractivity contribution is -0.144. The Bertz CT molecular complexity index is 362. The van der Waals surface area contributed by atoms with Gasteiger partial charge in [-0.05, 0) is 23.8 Å². The highest BCUT2D eigenvalue weighted by Crippen LogP contribution is 2.30. The number of aliphatic carboxylic acids is 1. The van der Waals surface area contributed by atoms with Crippen LogP contribution in [0.15, 0.2) is 18.2 Å². The minimum Gasteiger partial charge on any atom is -0.478 e. The Balaban J connectivity index is 2.30. The molecule has 2 rings (SSSR count). The molecule has 0 aliphatic carbocycles. The minimum atomic E-state index is -0.938. The third-order valence-corrected chi connectivity index (χ3v) is 2.21. The van der Waals surface area contributed by atoms with Crippen LogP contribution in [0.4, 0.5) is 0 Å². The lowest BCUT2D eigenvalue weighted by Gasteiger charge is -2.02. The standard InChI is InChI=1S/C9H7ClO3/c10-6-1-2-7-5(3-6)4-8(13-7)9(11)12/h1-3,8H,4H2,(H,11,12). The maximum atomic E-state index is 10.6. The van der Waals surface area contributed by atoms with Crippen LogP contribution in [0.5, 0.6) is 5.75 Å². The van der Waals surface area contributed by atoms with Crippen LogP contribution in [0.25, 0.3) is 0 Å². The largest absolute Gasteiger partial charge is 0.478 e. The van der Waals surface area contributed by atoms with Crippen LogP contribution < -0.4 is 4.74 Å². The van der Waals surface area contributed by atoms with E-state index < -0.39 is 12.1 Å². The van der Waals surface area contributed by atoms with E-state index in [0.29, 0.717) is 17.2 Å². The lowest BCUT2D eigenvalue weighted by Crippen LogP contribution is -2.24. The third-order valence-electron chi connectivity index (χ3n) is 1.97. The summed E-state index contributed by atoms with van der Waals surface area (Å²) in [6.07, 6.45) is -0.362. The van der Waals surface area contributed by atoms with Crippen molar-refractivity contribution in [1.29, 1.82) is 0 Å². The molecule has 0 fully saturated rings. The van der Waals surface area contributed by atoms with Gasteiger partial charge >= 0.3 is 5.97 Å². The molecule has 68 valence electrons. The van der Waals surface area contributed by atoms with Gasteiger partial charge in [-0.1, -0.05) is 11.6 Å². The van der Waals surface area contributed by atoms with Gasteiger partial charge in [-0.2, -0.15) is 0 Å². The normalized spacial score (nSPS) is 19.3. The lowest BCUT2D eigenvalue weighted by atomic mass is 10.1. The Morgan fingerprint density at radius 3 is 3.08 bits per heavy atom. The van der Waals surface area contributed by atoms with Crippen LogP contribution in [0.1, 0.15) is 5.56 Å². The summed E-state index contributed by atoms with van der Waals surface area (Å²) in [5.41, 5.74) is 0.861. The molecule has 0 spiro atoms. The second kappa shape index (κ2) is 2.92. The van der Waals surface area contributed by atoms with Crippen molar-refractivity contribution in [3.63, 3.8) is 0 Å². The maximum absolute atomic E-state index is 10.6. The van der Waals surface area contributed by atoms with Crippen molar-refractivity contribution in [1.82, 2.24) is 0 Å². The summed E-state index contributed by atoms with van der Waals surface area (Å²) in [6.45, 7) is 0. The Labute approximate surface area is 79.9 Å². The van der Waals surface area contributed by atoms with Gasteiger partial charge in [0.15, 0.2) is 6.10 Å². The van der Waals surface area contributed by atoms with Gasteiger partial charge in [-0.25, -0.2) is 4.79 Å². The summed E-state index contributed by atoms with van der Waals surface area (Å²) in [5.74, 6) is -0.316. The molecule has 1 unspecified atom stereocenters. The predicted molar refractivity (Wildman–Crippen MR) is 47.2 cm³/mol. The number of benzene rings is 1. The maximum Gasteiger partial charge on any atom is 0.345 e. The van der Waals surface area contributed by atoms with Gasteiger partial charge in [0, 0.05) is 11.4 Å². The number of hydrogen-bond donors (Lipinski definition) is 1. The predicted octanol–water partition coefficient (Wildman–Crippen LogP) is 1.73. The molecule has 1 atom stereocenters. The summed E-state index contributed by atoms with van der Waals surface area (Å²) >= 11 is 5.75. The number of rotatable bonds is 1. The molecule has 13 heavy (non-hydrogen) atoms. The van der Waals surface area contributed by atoms with Crippen molar-refractivity contribution in [3.05, 3.63) is 28.8 Å². The van der Waals surface area contributed by atoms with Gasteiger partial charge in [0.25, 0.3) is 0 Å². The molecule has 0 saturated heterocycles. The van der Waals surface area contributed by atoms with Crippen molar-refractivity contribution >= 4 is 17.6 Å². The number of carbonyl (C=O) groups is 1. The zero-order valence-corrected chi connectivity index (χ0v) is 7.41. The fourth-order valence-corrected chi connectivity index (χ4v) is 1.55. The molecule has 1 heterocycles. The average Bonchev–Trinajstić information content (AvgIpc) is 2.46. The van der Waals surface area contributed by atoms with E-state index in [-0.39, 0.29) is 0 Å². The Morgan fingerprint density at radius 1 is 1.62 bits per heavy atom. The monoisotopic (exact) mass is 198 g/mol. The van der Waals surface area contributed by atoms with Crippen LogP contribution in [-0.2, 0) is 11.2 Å². The van der Waals surface area contributed by atoms with Crippen molar-refractivity contribution in [2.45, 2.75) is 12.5 Å². The van der Waals surface area contributed by atoms with Gasteiger partial charge in [-0.15, -0.1) is 0 Å². The second-order valence-corrected chi connectivity index (χ2v) is 3.34. The Hall–Kier alpha value is -1.22. The number of hydrogen-bond acceptors (Lipinski definition) is 2. The summed E-state index contributed by atoms with van der Waals surface area (Å²) in [7, 11) is 0. The van der Waals surface area contributed by atoms with Crippen molar-refractivity contribution < 1.29 is 14.6 Å². The van der Waals surface area contributed by atoms with Crippen molar-refractivity contribution in [2.75, 3.05) is 0 Å². The fourth-order valence-electron chi connectivity index (χ4n) is 1.35. The van der Waals surface area contributed by atoms with Crippen LogP contribution in [-0.4, -0.2) is 17.2 Å². The van der Waals surface area contributed by atoms with E-state index in [1.807, 2.05) is 0 Å². The van der Waals surface area contributed by atoms with E-state index >= 15 is 0 Å². The van der Waals surface area contributed by atoms with Crippen molar-refractivity contribution in [2.24, 2.45) is 0 Å². The first-order chi connectivity index (χ1) is 6.16. The Kier molecular flexibility index (Phi) is 1.88. The first kappa shape index (κ1) is 8.38. The van der Waals surface area contributed by atoms with Crippen LogP contribution in [0.2, 0.25) is 5.02 Å². The highest BCUT2D eigenvalue weighted by molar-refractivity contribution is 6.30. The van der Waals surface area contributed by atoms with Gasteiger partial charge in [0.2, 0.25) is 0 Å². The second-order valence-electron chi connectivity index (χ2n) is 2.90. The molecule has 1 N–H and O–H groups in total. The first-order valence-electron chi connectivity index (χ1n) is 3.85. The van der Waals surface area contributed by atoms with E-state index in [4.69, 9.17) is 21.4 Å². The van der Waals surface area contributed by atoms with Crippen molar-refractivity contribution in [3.8, 4) is 5.75 Å². The summed E-state index contributed by atoms with van der Waals surface area (Å²) in [6, 6.07) is 5.12. The quantitative estimate of drug-likeness (QED) is 0.748. The summed E-state index contributed by atoms with van der Waals surface area (Å²) < 4.78 is 5.17. The third kappa shape index (κ3) is 1.47. The summed E-state index contributed by atoms with van der Waals surface area (Å²) in [5, 5.41) is 9.30. The molecule has 0 radical (unpaired) electrons. The smallest absolute Gasteiger partial charge is 0.345 e. The number of fused-ring (bicyclic) bond motifs is 1. The van der Waals surface area contributed by atoms with E-state index in [1.165, 1.54) is 0 Å². The van der Waals surface area contributed by atoms with E-state index in [2.05, 4.69) is 0 Å². The van der Waals surface area contributed by atoms with Crippen LogP contribution in [0, 0.1) is 0 Å². The van der Waals surface area contributed by atoms with E-state index in [1.54, 1.807) is 18.2 Å². The van der Waals surface area contributed by atoms with Crippen LogP contribution >= 0.6 is 11.6 Å². The Morgan fingerprint density at radius 2 is 2.38 bits per heavy atom. The average molecular weight is 199 g/mol. The van der Waals surface area contributed by atoms with Gasteiger partial charge in [0.05, 0.1) is 0 Å². The van der Waals surface area contributed by atoms with E-state index in [0.717, 1.165) is 5.56 Å². The van der Waals surface area contributed by atoms with Gasteiger partial charge in [0.1, 0.15) is 5.75 Å². The highest BCUT2D eigenvalue weighted by Gasteiger charge is 2.28. The molecule has 1 aliphatic heterocycles. The fraction of sp³-hybridized carbons (Fsp3) is 0.222. The highest BCUT2D eigenvalue weighted by atomic mass is 35.5. The topological polar surface area (TPSA) is 46.5 Å². The molecule has 0 bridgehead atoms. The number of halogens is 1. The number of ether oxygens (including phenoxy) is 1. The zero-order valence-electron chi connectivity index (χ0n) is 6.66. The molecule has 0 aromatic heterocycles. The van der Waals surface area contributed by atoms with Crippen LogP contribution in [0.3, 0.4) is 0 Å².